The molecule has 0 atom stereocenters. The van der Waals surface area contributed by atoms with Crippen LogP contribution in [0.1, 0.15) is 19.4 Å². The monoisotopic (exact) mass is 531 g/mol. The quantitative estimate of drug-likeness (QED) is 0.165. The second kappa shape index (κ2) is 12.8. The molecule has 0 aliphatic rings. The van der Waals surface area contributed by atoms with Gasteiger partial charge in [-0.05, 0) is 56.3 Å². The fourth-order valence-electron chi connectivity index (χ4n) is 3.66. The number of nitrogens with one attached hydrogen (secondary N) is 1. The molecule has 0 spiro atoms. The van der Waals surface area contributed by atoms with E-state index in [0.29, 0.717) is 34.8 Å². The largest absolute Gasteiger partial charge is 0.494 e. The van der Waals surface area contributed by atoms with Crippen molar-refractivity contribution >= 4 is 23.4 Å². The first-order valence-electron chi connectivity index (χ1n) is 12.0. The fraction of sp³-hybridized carbons (Fsp3) is 0.214. The number of thioether (sulfide) groups is 1. The number of rotatable bonds is 11. The van der Waals surface area contributed by atoms with Crippen molar-refractivity contribution < 1.29 is 19.0 Å². The average Bonchev–Trinajstić information content (AvgIpc) is 3.39. The zero-order valence-electron chi connectivity index (χ0n) is 21.7. The van der Waals surface area contributed by atoms with Gasteiger partial charge < -0.3 is 14.2 Å². The van der Waals surface area contributed by atoms with E-state index in [1.165, 1.54) is 11.8 Å². The Kier molecular flexibility index (Phi) is 8.99. The highest BCUT2D eigenvalue weighted by molar-refractivity contribution is 7.99. The zero-order valence-corrected chi connectivity index (χ0v) is 22.5. The van der Waals surface area contributed by atoms with E-state index in [2.05, 4.69) is 20.7 Å². The molecule has 38 heavy (non-hydrogen) atoms. The number of hydrogen-bond donors (Lipinski definition) is 1. The highest BCUT2D eigenvalue weighted by Crippen LogP contribution is 2.29. The summed E-state index contributed by atoms with van der Waals surface area (Å²) in [5.74, 6) is 2.51. The Labute approximate surface area is 225 Å². The van der Waals surface area contributed by atoms with Crippen molar-refractivity contribution in [2.45, 2.75) is 19.0 Å². The number of carbonyl (C=O) groups is 1. The summed E-state index contributed by atoms with van der Waals surface area (Å²) in [7, 11) is 3.15. The number of methoxy groups -OCH3 is 2. The van der Waals surface area contributed by atoms with E-state index in [4.69, 9.17) is 14.2 Å². The van der Waals surface area contributed by atoms with Gasteiger partial charge in [0.2, 0.25) is 0 Å². The predicted octanol–water partition coefficient (Wildman–Crippen LogP) is 4.98. The number of carbonyl (C=O) groups excluding carboxylic acids is 1. The van der Waals surface area contributed by atoms with Crippen LogP contribution >= 0.6 is 11.8 Å². The minimum absolute atomic E-state index is 0.104. The van der Waals surface area contributed by atoms with Crippen LogP contribution in [0.4, 0.5) is 0 Å². The number of benzene rings is 3. The molecule has 4 rings (SSSR count). The van der Waals surface area contributed by atoms with Crippen LogP contribution in [0.3, 0.4) is 0 Å². The van der Waals surface area contributed by atoms with Gasteiger partial charge in [0.1, 0.15) is 5.75 Å². The molecule has 1 heterocycles. The lowest BCUT2D eigenvalue weighted by Gasteiger charge is -2.11. The van der Waals surface area contributed by atoms with Gasteiger partial charge in [0.15, 0.2) is 22.5 Å². The van der Waals surface area contributed by atoms with E-state index < -0.39 is 0 Å². The van der Waals surface area contributed by atoms with Gasteiger partial charge in [-0.25, -0.2) is 5.43 Å². The van der Waals surface area contributed by atoms with Gasteiger partial charge in [-0.2, -0.15) is 5.10 Å². The Morgan fingerprint density at radius 2 is 1.71 bits per heavy atom. The first-order chi connectivity index (χ1) is 18.5. The molecule has 9 nitrogen and oxygen atoms in total. The molecule has 0 saturated heterocycles. The third-order valence-corrected chi connectivity index (χ3v) is 6.48. The zero-order chi connectivity index (χ0) is 26.9. The molecule has 0 unspecified atom stereocenters. The van der Waals surface area contributed by atoms with Gasteiger partial charge in [0, 0.05) is 16.8 Å². The van der Waals surface area contributed by atoms with Gasteiger partial charge in [-0.15, -0.1) is 10.2 Å². The lowest BCUT2D eigenvalue weighted by Crippen LogP contribution is -2.21. The topological polar surface area (TPSA) is 99.9 Å². The Morgan fingerprint density at radius 1 is 0.974 bits per heavy atom. The van der Waals surface area contributed by atoms with Crippen LogP contribution in [0.2, 0.25) is 0 Å². The van der Waals surface area contributed by atoms with Gasteiger partial charge in [-0.3, -0.25) is 9.36 Å². The second-order valence-electron chi connectivity index (χ2n) is 8.03. The number of aromatic nitrogens is 3. The summed E-state index contributed by atoms with van der Waals surface area (Å²) in [6.07, 6.45) is 0. The standard InChI is InChI=1S/C28H29N5O4S/c1-5-37-23-14-12-22(13-15-23)33-27(20-9-7-6-8-10-20)31-32-28(33)38-18-26(34)30-29-19(2)21-11-16-24(35-3)25(17-21)36-4/h6-17H,5,18H2,1-4H3,(H,30,34)/b29-19-. The van der Waals surface area contributed by atoms with Crippen molar-refractivity contribution in [2.24, 2.45) is 5.10 Å². The van der Waals surface area contributed by atoms with Crippen LogP contribution in [-0.4, -0.2) is 53.0 Å². The normalized spacial score (nSPS) is 11.2. The average molecular weight is 532 g/mol. The summed E-state index contributed by atoms with van der Waals surface area (Å²) in [6, 6.07) is 23.0. The van der Waals surface area contributed by atoms with E-state index in [9.17, 15) is 4.79 Å². The Bertz CT molecular complexity index is 1400. The third-order valence-electron chi connectivity index (χ3n) is 5.55. The van der Waals surface area contributed by atoms with Crippen molar-refractivity contribution in [3.63, 3.8) is 0 Å². The Balaban J connectivity index is 1.50. The summed E-state index contributed by atoms with van der Waals surface area (Å²) >= 11 is 1.28. The third kappa shape index (κ3) is 6.33. The van der Waals surface area contributed by atoms with Crippen LogP contribution in [0.5, 0.6) is 17.2 Å². The number of amides is 1. The maximum Gasteiger partial charge on any atom is 0.250 e. The van der Waals surface area contributed by atoms with Gasteiger partial charge in [0.05, 0.1) is 32.3 Å². The molecule has 1 N–H and O–H groups in total. The smallest absolute Gasteiger partial charge is 0.250 e. The number of ether oxygens (including phenoxy) is 3. The highest BCUT2D eigenvalue weighted by Gasteiger charge is 2.17. The Hall–Kier alpha value is -4.31. The molecule has 0 aliphatic heterocycles. The molecule has 0 radical (unpaired) electrons. The molecule has 0 aliphatic carbocycles. The van der Waals surface area contributed by atoms with Gasteiger partial charge >= 0.3 is 0 Å². The summed E-state index contributed by atoms with van der Waals surface area (Å²) in [6.45, 7) is 4.34. The molecule has 0 bridgehead atoms. The highest BCUT2D eigenvalue weighted by atomic mass is 32.2. The summed E-state index contributed by atoms with van der Waals surface area (Å²) in [5.41, 5.74) is 5.84. The van der Waals surface area contributed by atoms with Crippen LogP contribution in [0.15, 0.2) is 83.1 Å². The number of hydrazone groups is 1. The van der Waals surface area contributed by atoms with Crippen LogP contribution in [0.25, 0.3) is 17.1 Å². The first-order valence-corrected chi connectivity index (χ1v) is 12.9. The van der Waals surface area contributed by atoms with E-state index in [0.717, 1.165) is 22.6 Å². The Morgan fingerprint density at radius 3 is 2.39 bits per heavy atom. The van der Waals surface area contributed by atoms with Gasteiger partial charge in [0.25, 0.3) is 5.91 Å². The molecular weight excluding hydrogens is 502 g/mol. The molecule has 10 heteroatoms. The summed E-state index contributed by atoms with van der Waals surface area (Å²) in [4.78, 5) is 12.7. The van der Waals surface area contributed by atoms with E-state index in [1.807, 2.05) is 85.1 Å². The van der Waals surface area contributed by atoms with Crippen molar-refractivity contribution in [1.82, 2.24) is 20.2 Å². The van der Waals surface area contributed by atoms with E-state index >= 15 is 0 Å². The molecule has 196 valence electrons. The number of hydrogen-bond acceptors (Lipinski definition) is 8. The van der Waals surface area contributed by atoms with E-state index in [-0.39, 0.29) is 11.7 Å². The van der Waals surface area contributed by atoms with Gasteiger partial charge in [-0.1, -0.05) is 42.1 Å². The molecule has 4 aromatic rings. The number of nitrogens with zero attached hydrogens (tertiary/aromatic N) is 4. The first kappa shape index (κ1) is 26.7. The molecule has 0 fully saturated rings. The van der Waals surface area contributed by atoms with E-state index in [1.54, 1.807) is 20.3 Å². The van der Waals surface area contributed by atoms with Crippen LogP contribution in [-0.2, 0) is 4.79 Å². The molecule has 1 amide bonds. The maximum absolute atomic E-state index is 12.7. The molecule has 0 saturated carbocycles. The predicted molar refractivity (Wildman–Crippen MR) is 149 cm³/mol. The minimum atomic E-state index is -0.266. The summed E-state index contributed by atoms with van der Waals surface area (Å²) in [5, 5.41) is 13.6. The fourth-order valence-corrected chi connectivity index (χ4v) is 4.41. The van der Waals surface area contributed by atoms with Crippen molar-refractivity contribution in [3.8, 4) is 34.3 Å². The molecule has 1 aromatic heterocycles. The van der Waals surface area contributed by atoms with Crippen LogP contribution < -0.4 is 19.6 Å². The molecule has 3 aromatic carbocycles. The maximum atomic E-state index is 12.7. The van der Waals surface area contributed by atoms with Crippen molar-refractivity contribution in [1.29, 1.82) is 0 Å². The molecular formula is C28H29N5O4S. The van der Waals surface area contributed by atoms with Crippen molar-refractivity contribution in [3.05, 3.63) is 78.4 Å². The summed E-state index contributed by atoms with van der Waals surface area (Å²) < 4.78 is 18.1. The SMILES string of the molecule is CCOc1ccc(-n2c(SCC(=O)N/N=C(/C)c3ccc(OC)c(OC)c3)nnc2-c2ccccc2)cc1. The van der Waals surface area contributed by atoms with Crippen molar-refractivity contribution in [2.75, 3.05) is 26.6 Å². The minimum Gasteiger partial charge on any atom is -0.494 e. The second-order valence-corrected chi connectivity index (χ2v) is 8.97. The van der Waals surface area contributed by atoms with Crippen LogP contribution in [0, 0.1) is 0 Å². The lowest BCUT2D eigenvalue weighted by molar-refractivity contribution is -0.118. The lowest BCUT2D eigenvalue weighted by atomic mass is 10.1.